The highest BCUT2D eigenvalue weighted by Gasteiger charge is 2.26. The topological polar surface area (TPSA) is 100 Å². The monoisotopic (exact) mass is 321 g/mol. The largest absolute Gasteiger partial charge is 0.493 e. The van der Waals surface area contributed by atoms with Gasteiger partial charge < -0.3 is 29.8 Å². The molecular formula is C16H19NO6. The van der Waals surface area contributed by atoms with E-state index >= 15 is 0 Å². The molecule has 0 saturated carbocycles. The highest BCUT2D eigenvalue weighted by atomic mass is 16.5. The van der Waals surface area contributed by atoms with E-state index in [4.69, 9.17) is 24.7 Å². The first-order chi connectivity index (χ1) is 11.0. The van der Waals surface area contributed by atoms with Crippen molar-refractivity contribution in [3.05, 3.63) is 23.8 Å². The molecule has 0 fully saturated rings. The quantitative estimate of drug-likeness (QED) is 0.838. The number of carboxylic acids is 1. The van der Waals surface area contributed by atoms with Gasteiger partial charge in [0.15, 0.2) is 23.0 Å². The number of hydrogen-bond donors (Lipinski definition) is 2. The van der Waals surface area contributed by atoms with Crippen molar-refractivity contribution in [2.24, 2.45) is 5.73 Å². The number of aliphatic carboxylic acids is 1. The summed E-state index contributed by atoms with van der Waals surface area (Å²) in [6.07, 6.45) is 0. The molecule has 0 aliphatic heterocycles. The second-order valence-electron chi connectivity index (χ2n) is 4.77. The summed E-state index contributed by atoms with van der Waals surface area (Å²) in [6.45, 7) is 0. The highest BCUT2D eigenvalue weighted by molar-refractivity contribution is 5.96. The molecule has 0 aromatic heterocycles. The van der Waals surface area contributed by atoms with E-state index in [0.717, 1.165) is 0 Å². The lowest BCUT2D eigenvalue weighted by molar-refractivity contribution is -0.138. The van der Waals surface area contributed by atoms with Gasteiger partial charge in [-0.2, -0.15) is 0 Å². The number of nitrogens with two attached hydrogens (primary N) is 1. The van der Waals surface area contributed by atoms with Crippen LogP contribution >= 0.6 is 0 Å². The lowest BCUT2D eigenvalue weighted by Crippen LogP contribution is -2.22. The maximum absolute atomic E-state index is 11.4. The maximum Gasteiger partial charge on any atom is 0.325 e. The molecule has 0 amide bonds. The molecule has 2 rings (SSSR count). The van der Waals surface area contributed by atoms with Gasteiger partial charge >= 0.3 is 5.97 Å². The summed E-state index contributed by atoms with van der Waals surface area (Å²) in [4.78, 5) is 11.4. The van der Waals surface area contributed by atoms with Crippen LogP contribution in [0.4, 0.5) is 0 Å². The van der Waals surface area contributed by atoms with Crippen LogP contribution in [0.25, 0.3) is 10.8 Å². The molecule has 124 valence electrons. The number of methoxy groups -OCH3 is 4. The molecule has 0 saturated heterocycles. The molecule has 0 aliphatic carbocycles. The fraction of sp³-hybridized carbons (Fsp3) is 0.312. The van der Waals surface area contributed by atoms with Crippen molar-refractivity contribution in [3.8, 4) is 23.0 Å². The Kier molecular flexibility index (Phi) is 4.80. The SMILES string of the molecule is COc1cc2cc(OC)c(OC)c([C@H](N)C(=O)O)c2cc1OC. The van der Waals surface area contributed by atoms with E-state index in [-0.39, 0.29) is 5.75 Å². The first-order valence-corrected chi connectivity index (χ1v) is 6.77. The first kappa shape index (κ1) is 16.7. The van der Waals surface area contributed by atoms with Crippen molar-refractivity contribution >= 4 is 16.7 Å². The van der Waals surface area contributed by atoms with Crippen molar-refractivity contribution in [3.63, 3.8) is 0 Å². The van der Waals surface area contributed by atoms with Crippen LogP contribution in [0.5, 0.6) is 23.0 Å². The molecule has 7 heteroatoms. The van der Waals surface area contributed by atoms with Gasteiger partial charge in [0.1, 0.15) is 6.04 Å². The van der Waals surface area contributed by atoms with Gasteiger partial charge in [-0.1, -0.05) is 0 Å². The molecule has 0 bridgehead atoms. The van der Waals surface area contributed by atoms with Gasteiger partial charge in [0.05, 0.1) is 28.4 Å². The second-order valence-corrected chi connectivity index (χ2v) is 4.77. The number of rotatable bonds is 6. The third kappa shape index (κ3) is 2.83. The molecule has 0 unspecified atom stereocenters. The molecule has 3 N–H and O–H groups in total. The molecule has 0 radical (unpaired) electrons. The fourth-order valence-corrected chi connectivity index (χ4v) is 2.50. The molecule has 7 nitrogen and oxygen atoms in total. The summed E-state index contributed by atoms with van der Waals surface area (Å²) < 4.78 is 21.2. The van der Waals surface area contributed by atoms with Crippen molar-refractivity contribution in [1.82, 2.24) is 0 Å². The van der Waals surface area contributed by atoms with Gasteiger partial charge in [-0.15, -0.1) is 0 Å². The summed E-state index contributed by atoms with van der Waals surface area (Å²) in [5.41, 5.74) is 6.17. The zero-order valence-corrected chi connectivity index (χ0v) is 13.4. The van der Waals surface area contributed by atoms with Crippen LogP contribution in [-0.2, 0) is 4.79 Å². The second kappa shape index (κ2) is 6.62. The summed E-state index contributed by atoms with van der Waals surface area (Å²) in [6, 6.07) is 3.86. The van der Waals surface area contributed by atoms with Crippen LogP contribution in [0.1, 0.15) is 11.6 Å². The highest BCUT2D eigenvalue weighted by Crippen LogP contribution is 2.43. The Labute approximate surface area is 133 Å². The summed E-state index contributed by atoms with van der Waals surface area (Å²) in [7, 11) is 5.93. The standard InChI is InChI=1S/C16H19NO6/c1-20-10-5-8-6-12(22-3)15(23-4)13(14(17)16(18)19)9(8)7-11(10)21-2/h5-7,14H,17H2,1-4H3,(H,18,19)/t14-/m0/s1. The van der Waals surface area contributed by atoms with Gasteiger partial charge in [0.25, 0.3) is 0 Å². The minimum atomic E-state index is -1.28. The summed E-state index contributed by atoms with van der Waals surface area (Å²) >= 11 is 0. The molecule has 0 spiro atoms. The van der Waals surface area contributed by atoms with Gasteiger partial charge in [0, 0.05) is 5.56 Å². The number of carboxylic acid groups (broad SMARTS) is 1. The molecule has 0 aliphatic rings. The molecule has 23 heavy (non-hydrogen) atoms. The van der Waals surface area contributed by atoms with E-state index < -0.39 is 12.0 Å². The third-order valence-corrected chi connectivity index (χ3v) is 3.60. The Balaban J connectivity index is 2.92. The zero-order valence-electron chi connectivity index (χ0n) is 13.4. The van der Waals surface area contributed by atoms with Gasteiger partial charge in [0.2, 0.25) is 0 Å². The Morgan fingerprint density at radius 3 is 1.96 bits per heavy atom. The number of ether oxygens (including phenoxy) is 4. The van der Waals surface area contributed by atoms with Crippen molar-refractivity contribution in [1.29, 1.82) is 0 Å². The summed E-state index contributed by atoms with van der Waals surface area (Å²) in [5, 5.41) is 10.6. The Hall–Kier alpha value is -2.67. The van der Waals surface area contributed by atoms with Crippen LogP contribution in [-0.4, -0.2) is 39.5 Å². The minimum Gasteiger partial charge on any atom is -0.493 e. The van der Waals surface area contributed by atoms with Gasteiger partial charge in [-0.25, -0.2) is 0 Å². The lowest BCUT2D eigenvalue weighted by Gasteiger charge is -2.19. The first-order valence-electron chi connectivity index (χ1n) is 6.77. The predicted molar refractivity (Wildman–Crippen MR) is 84.7 cm³/mol. The number of carbonyl (C=O) groups is 1. The molecule has 2 aromatic rings. The molecular weight excluding hydrogens is 302 g/mol. The Morgan fingerprint density at radius 2 is 1.48 bits per heavy atom. The van der Waals surface area contributed by atoms with Gasteiger partial charge in [-0.05, 0) is 29.0 Å². The van der Waals surface area contributed by atoms with E-state index in [9.17, 15) is 9.90 Å². The number of hydrogen-bond acceptors (Lipinski definition) is 6. The van der Waals surface area contributed by atoms with E-state index in [1.54, 1.807) is 18.2 Å². The number of fused-ring (bicyclic) bond motifs is 1. The predicted octanol–water partition coefficient (Wildman–Crippen LogP) is 1.96. The van der Waals surface area contributed by atoms with Crippen LogP contribution in [0.3, 0.4) is 0 Å². The molecule has 0 heterocycles. The van der Waals surface area contributed by atoms with Crippen LogP contribution < -0.4 is 24.7 Å². The Bertz CT molecular complexity index is 738. The number of benzene rings is 2. The summed E-state index contributed by atoms with van der Waals surface area (Å²) in [5.74, 6) is 0.474. The van der Waals surface area contributed by atoms with Crippen molar-refractivity contribution in [2.45, 2.75) is 6.04 Å². The maximum atomic E-state index is 11.4. The van der Waals surface area contributed by atoms with Crippen LogP contribution in [0.15, 0.2) is 18.2 Å². The average molecular weight is 321 g/mol. The van der Waals surface area contributed by atoms with E-state index in [2.05, 4.69) is 0 Å². The zero-order chi connectivity index (χ0) is 17.1. The molecule has 2 aromatic carbocycles. The normalized spacial score (nSPS) is 11.9. The molecule has 1 atom stereocenters. The van der Waals surface area contributed by atoms with Crippen molar-refractivity contribution < 1.29 is 28.8 Å². The van der Waals surface area contributed by atoms with Crippen LogP contribution in [0.2, 0.25) is 0 Å². The lowest BCUT2D eigenvalue weighted by atomic mass is 9.96. The van der Waals surface area contributed by atoms with E-state index in [1.165, 1.54) is 28.4 Å². The van der Waals surface area contributed by atoms with Crippen molar-refractivity contribution in [2.75, 3.05) is 28.4 Å². The van der Waals surface area contributed by atoms with Gasteiger partial charge in [-0.3, -0.25) is 4.79 Å². The smallest absolute Gasteiger partial charge is 0.325 e. The minimum absolute atomic E-state index is 0.280. The fourth-order valence-electron chi connectivity index (χ4n) is 2.50. The Morgan fingerprint density at radius 1 is 0.957 bits per heavy atom. The van der Waals surface area contributed by atoms with Crippen LogP contribution in [0, 0.1) is 0 Å². The van der Waals surface area contributed by atoms with E-state index in [0.29, 0.717) is 33.6 Å². The van der Waals surface area contributed by atoms with E-state index in [1.807, 2.05) is 0 Å². The third-order valence-electron chi connectivity index (χ3n) is 3.60. The average Bonchev–Trinajstić information content (AvgIpc) is 2.57.